The zero-order valence-electron chi connectivity index (χ0n) is 13.5. The minimum atomic E-state index is -0.420. The number of rotatable bonds is 8. The van der Waals surface area contributed by atoms with Crippen LogP contribution in [0.3, 0.4) is 0 Å². The van der Waals surface area contributed by atoms with Crippen LogP contribution in [-0.4, -0.2) is 61.8 Å². The maximum absolute atomic E-state index is 12.3. The minimum Gasteiger partial charge on any atom is -0.379 e. The Hall–Kier alpha value is -0.650. The quantitative estimate of drug-likeness (QED) is 0.653. The average Bonchev–Trinajstić information content (AvgIpc) is 2.43. The van der Waals surface area contributed by atoms with Gasteiger partial charge in [-0.25, -0.2) is 0 Å². The van der Waals surface area contributed by atoms with Crippen LogP contribution in [0.15, 0.2) is 0 Å². The van der Waals surface area contributed by atoms with E-state index in [0.29, 0.717) is 0 Å². The number of carbonyl (C=O) groups is 1. The Balaban J connectivity index is 2.20. The van der Waals surface area contributed by atoms with Crippen molar-refractivity contribution in [1.29, 1.82) is 0 Å². The molecule has 0 spiro atoms. The summed E-state index contributed by atoms with van der Waals surface area (Å²) < 4.78 is 5.48. The first kappa shape index (κ1) is 17.4. The summed E-state index contributed by atoms with van der Waals surface area (Å²) >= 11 is 0. The molecule has 5 nitrogen and oxygen atoms in total. The molecule has 1 heterocycles. The third kappa shape index (κ3) is 5.77. The van der Waals surface area contributed by atoms with Gasteiger partial charge < -0.3 is 15.4 Å². The van der Waals surface area contributed by atoms with Crippen molar-refractivity contribution in [3.05, 3.63) is 0 Å². The van der Waals surface area contributed by atoms with Crippen LogP contribution in [0.4, 0.5) is 0 Å². The van der Waals surface area contributed by atoms with Crippen molar-refractivity contribution in [2.75, 3.05) is 39.3 Å². The van der Waals surface area contributed by atoms with E-state index in [0.717, 1.165) is 52.2 Å². The maximum atomic E-state index is 12.3. The number of nitrogens with one attached hydrogen (secondary N) is 2. The zero-order chi connectivity index (χ0) is 15.0. The van der Waals surface area contributed by atoms with Crippen LogP contribution in [0.2, 0.25) is 0 Å². The van der Waals surface area contributed by atoms with Gasteiger partial charge in [0.15, 0.2) is 0 Å². The third-order valence-electron chi connectivity index (χ3n) is 3.77. The first-order valence-electron chi connectivity index (χ1n) is 7.80. The standard InChI is InChI=1S/C15H31N3O2/c1-13(2)20-12-6-5-7-17-14(19)15(3,4)18-10-8-16-9-11-18/h13,16H,5-12H2,1-4H3,(H,17,19). The van der Waals surface area contributed by atoms with Gasteiger partial charge in [0.05, 0.1) is 11.6 Å². The van der Waals surface area contributed by atoms with E-state index >= 15 is 0 Å². The molecule has 0 aromatic heterocycles. The summed E-state index contributed by atoms with van der Waals surface area (Å²) in [6.45, 7) is 13.4. The Morgan fingerprint density at radius 2 is 1.95 bits per heavy atom. The van der Waals surface area contributed by atoms with Gasteiger partial charge in [-0.15, -0.1) is 0 Å². The Morgan fingerprint density at radius 3 is 2.55 bits per heavy atom. The van der Waals surface area contributed by atoms with E-state index in [9.17, 15) is 4.79 Å². The van der Waals surface area contributed by atoms with Crippen molar-refractivity contribution in [3.63, 3.8) is 0 Å². The summed E-state index contributed by atoms with van der Waals surface area (Å²) in [6, 6.07) is 0. The molecular weight excluding hydrogens is 254 g/mol. The number of carbonyl (C=O) groups excluding carboxylic acids is 1. The summed E-state index contributed by atoms with van der Waals surface area (Å²) in [6.07, 6.45) is 2.25. The fraction of sp³-hybridized carbons (Fsp3) is 0.933. The second-order valence-electron chi connectivity index (χ2n) is 6.18. The number of nitrogens with zero attached hydrogens (tertiary/aromatic N) is 1. The van der Waals surface area contributed by atoms with E-state index in [2.05, 4.69) is 15.5 Å². The second-order valence-corrected chi connectivity index (χ2v) is 6.18. The molecule has 0 aromatic carbocycles. The molecule has 0 aromatic rings. The molecule has 20 heavy (non-hydrogen) atoms. The summed E-state index contributed by atoms with van der Waals surface area (Å²) in [5.41, 5.74) is -0.420. The minimum absolute atomic E-state index is 0.129. The molecule has 5 heteroatoms. The monoisotopic (exact) mass is 285 g/mol. The highest BCUT2D eigenvalue weighted by atomic mass is 16.5. The van der Waals surface area contributed by atoms with Crippen LogP contribution in [-0.2, 0) is 9.53 Å². The largest absolute Gasteiger partial charge is 0.379 e. The van der Waals surface area contributed by atoms with Crippen molar-refractivity contribution in [2.45, 2.75) is 52.2 Å². The lowest BCUT2D eigenvalue weighted by molar-refractivity contribution is -0.132. The number of amides is 1. The van der Waals surface area contributed by atoms with Crippen molar-refractivity contribution in [3.8, 4) is 0 Å². The Morgan fingerprint density at radius 1 is 1.30 bits per heavy atom. The Bertz CT molecular complexity index is 287. The van der Waals surface area contributed by atoms with Crippen LogP contribution in [0.1, 0.15) is 40.5 Å². The van der Waals surface area contributed by atoms with Gasteiger partial charge in [0.1, 0.15) is 0 Å². The molecular formula is C15H31N3O2. The molecule has 1 amide bonds. The first-order valence-corrected chi connectivity index (χ1v) is 7.80. The van der Waals surface area contributed by atoms with Gasteiger partial charge in [-0.05, 0) is 40.5 Å². The summed E-state index contributed by atoms with van der Waals surface area (Å²) in [4.78, 5) is 14.6. The predicted molar refractivity (Wildman–Crippen MR) is 81.9 cm³/mol. The number of hydrogen-bond donors (Lipinski definition) is 2. The van der Waals surface area contributed by atoms with Crippen molar-refractivity contribution >= 4 is 5.91 Å². The number of unbranched alkanes of at least 4 members (excludes halogenated alkanes) is 1. The SMILES string of the molecule is CC(C)OCCCCNC(=O)C(C)(C)N1CCNCC1. The van der Waals surface area contributed by atoms with Gasteiger partial charge in [-0.2, -0.15) is 0 Å². The smallest absolute Gasteiger partial charge is 0.239 e. The first-order chi connectivity index (χ1) is 9.44. The molecule has 1 saturated heterocycles. The predicted octanol–water partition coefficient (Wildman–Crippen LogP) is 0.992. The Labute approximate surface area is 123 Å². The van der Waals surface area contributed by atoms with Gasteiger partial charge in [-0.3, -0.25) is 9.69 Å². The molecule has 1 aliphatic heterocycles. The molecule has 1 aliphatic rings. The van der Waals surface area contributed by atoms with E-state index in [1.165, 1.54) is 0 Å². The van der Waals surface area contributed by atoms with Crippen LogP contribution in [0.25, 0.3) is 0 Å². The highest BCUT2D eigenvalue weighted by molar-refractivity contribution is 5.85. The molecule has 118 valence electrons. The van der Waals surface area contributed by atoms with Crippen LogP contribution >= 0.6 is 0 Å². The fourth-order valence-corrected chi connectivity index (χ4v) is 2.33. The molecule has 2 N–H and O–H groups in total. The van der Waals surface area contributed by atoms with E-state index in [-0.39, 0.29) is 12.0 Å². The second kappa shape index (κ2) is 8.60. The van der Waals surface area contributed by atoms with Gasteiger partial charge in [0.2, 0.25) is 5.91 Å². The van der Waals surface area contributed by atoms with Crippen molar-refractivity contribution in [2.24, 2.45) is 0 Å². The normalized spacial score (nSPS) is 17.4. The van der Waals surface area contributed by atoms with E-state index in [1.807, 2.05) is 27.7 Å². The van der Waals surface area contributed by atoms with Gasteiger partial charge >= 0.3 is 0 Å². The molecule has 0 saturated carbocycles. The third-order valence-corrected chi connectivity index (χ3v) is 3.77. The molecule has 0 atom stereocenters. The molecule has 0 aliphatic carbocycles. The summed E-state index contributed by atoms with van der Waals surface area (Å²) in [5, 5.41) is 6.37. The van der Waals surface area contributed by atoms with Crippen LogP contribution in [0.5, 0.6) is 0 Å². The highest BCUT2D eigenvalue weighted by Gasteiger charge is 2.34. The lowest BCUT2D eigenvalue weighted by Crippen LogP contribution is -2.60. The Kier molecular flexibility index (Phi) is 7.48. The molecule has 0 unspecified atom stereocenters. The van der Waals surface area contributed by atoms with Crippen molar-refractivity contribution in [1.82, 2.24) is 15.5 Å². The molecule has 1 rings (SSSR count). The van der Waals surface area contributed by atoms with Crippen molar-refractivity contribution < 1.29 is 9.53 Å². The van der Waals surface area contributed by atoms with E-state index in [1.54, 1.807) is 0 Å². The van der Waals surface area contributed by atoms with Crippen LogP contribution < -0.4 is 10.6 Å². The summed E-state index contributed by atoms with van der Waals surface area (Å²) in [5.74, 6) is 0.129. The fourth-order valence-electron chi connectivity index (χ4n) is 2.33. The number of piperazine rings is 1. The van der Waals surface area contributed by atoms with Gasteiger partial charge in [0, 0.05) is 39.3 Å². The summed E-state index contributed by atoms with van der Waals surface area (Å²) in [7, 11) is 0. The zero-order valence-corrected chi connectivity index (χ0v) is 13.5. The maximum Gasteiger partial charge on any atom is 0.239 e. The average molecular weight is 285 g/mol. The number of hydrogen-bond acceptors (Lipinski definition) is 4. The topological polar surface area (TPSA) is 53.6 Å². The van der Waals surface area contributed by atoms with E-state index in [4.69, 9.17) is 4.74 Å². The molecule has 1 fully saturated rings. The van der Waals surface area contributed by atoms with Gasteiger partial charge in [0.25, 0.3) is 0 Å². The lowest BCUT2D eigenvalue weighted by atomic mass is 10.0. The highest BCUT2D eigenvalue weighted by Crippen LogP contribution is 2.15. The lowest BCUT2D eigenvalue weighted by Gasteiger charge is -2.39. The molecule has 0 bridgehead atoms. The van der Waals surface area contributed by atoms with E-state index < -0.39 is 5.54 Å². The van der Waals surface area contributed by atoms with Crippen LogP contribution in [0, 0.1) is 0 Å². The number of ether oxygens (including phenoxy) is 1. The molecule has 0 radical (unpaired) electrons. The van der Waals surface area contributed by atoms with Gasteiger partial charge in [-0.1, -0.05) is 0 Å².